The monoisotopic (exact) mass is 414 g/mol. The highest BCUT2D eigenvalue weighted by Crippen LogP contribution is 2.38. The van der Waals surface area contributed by atoms with Crippen molar-refractivity contribution in [2.75, 3.05) is 18.1 Å². The number of nitrogens with one attached hydrogen (secondary N) is 1. The van der Waals surface area contributed by atoms with Crippen molar-refractivity contribution < 1.29 is 14.3 Å². The van der Waals surface area contributed by atoms with E-state index in [4.69, 9.17) is 22.2 Å². The van der Waals surface area contributed by atoms with Gasteiger partial charge in [-0.25, -0.2) is 10.8 Å². The molecule has 0 radical (unpaired) electrons. The minimum absolute atomic E-state index is 0.127. The van der Waals surface area contributed by atoms with E-state index in [0.29, 0.717) is 16.5 Å². The standard InChI is InChI=1S/C19H15ClN4O3S/c20-13-4-2-1-3-12(13)19-22-14(10-28-19)11-5-6-16-15(7-11)24(8-17(25)23-21)18(26)9-27-16/h1-7,10H,8-9,21H2,(H,23,25). The number of aromatic nitrogens is 1. The van der Waals surface area contributed by atoms with Crippen LogP contribution >= 0.6 is 22.9 Å². The molecule has 2 heterocycles. The van der Waals surface area contributed by atoms with Crippen LogP contribution in [0.25, 0.3) is 21.8 Å². The Labute approximate surface area is 169 Å². The quantitative estimate of drug-likeness (QED) is 0.388. The lowest BCUT2D eigenvalue weighted by Crippen LogP contribution is -2.46. The van der Waals surface area contributed by atoms with E-state index in [1.807, 2.05) is 41.1 Å². The van der Waals surface area contributed by atoms with Crippen molar-refractivity contribution in [3.8, 4) is 27.6 Å². The van der Waals surface area contributed by atoms with E-state index in [9.17, 15) is 9.59 Å². The lowest BCUT2D eigenvalue weighted by Gasteiger charge is -2.29. The molecule has 0 fully saturated rings. The Balaban J connectivity index is 1.70. The van der Waals surface area contributed by atoms with Crippen molar-refractivity contribution in [1.29, 1.82) is 0 Å². The van der Waals surface area contributed by atoms with E-state index in [1.165, 1.54) is 16.2 Å². The predicted molar refractivity (Wildman–Crippen MR) is 108 cm³/mol. The molecule has 0 spiro atoms. The van der Waals surface area contributed by atoms with Crippen LogP contribution < -0.4 is 20.9 Å². The van der Waals surface area contributed by atoms with Crippen LogP contribution in [0, 0.1) is 0 Å². The topological polar surface area (TPSA) is 97.6 Å². The van der Waals surface area contributed by atoms with Crippen molar-refractivity contribution in [3.05, 3.63) is 52.9 Å². The SMILES string of the molecule is NNC(=O)CN1C(=O)COc2ccc(-c3csc(-c4ccccc4Cl)n3)cc21. The number of carbonyl (C=O) groups is 2. The zero-order chi connectivity index (χ0) is 19.7. The second-order valence-corrected chi connectivity index (χ2v) is 7.30. The molecule has 7 nitrogen and oxygen atoms in total. The largest absolute Gasteiger partial charge is 0.482 e. The number of nitrogens with two attached hydrogens (primary N) is 1. The normalized spacial score (nSPS) is 13.1. The Kier molecular flexibility index (Phi) is 4.99. The highest BCUT2D eigenvalue weighted by molar-refractivity contribution is 7.13. The average Bonchev–Trinajstić information content (AvgIpc) is 3.20. The number of rotatable bonds is 4. The summed E-state index contributed by atoms with van der Waals surface area (Å²) in [6.45, 7) is -0.311. The molecule has 0 bridgehead atoms. The van der Waals surface area contributed by atoms with Gasteiger partial charge >= 0.3 is 0 Å². The number of fused-ring (bicyclic) bond motifs is 1. The summed E-state index contributed by atoms with van der Waals surface area (Å²) in [4.78, 5) is 29.9. The van der Waals surface area contributed by atoms with E-state index in [1.54, 1.807) is 12.1 Å². The molecule has 1 aromatic heterocycles. The van der Waals surface area contributed by atoms with Crippen molar-refractivity contribution in [3.63, 3.8) is 0 Å². The predicted octanol–water partition coefficient (Wildman–Crippen LogP) is 2.85. The number of carbonyl (C=O) groups excluding carboxylic acids is 2. The molecule has 0 saturated heterocycles. The second-order valence-electron chi connectivity index (χ2n) is 6.04. The summed E-state index contributed by atoms with van der Waals surface area (Å²) in [6, 6.07) is 12.9. The van der Waals surface area contributed by atoms with Gasteiger partial charge in [0.15, 0.2) is 6.61 Å². The number of anilines is 1. The first kappa shape index (κ1) is 18.4. The molecule has 28 heavy (non-hydrogen) atoms. The molecule has 0 aliphatic carbocycles. The van der Waals surface area contributed by atoms with Crippen LogP contribution in [-0.4, -0.2) is 29.9 Å². The Bertz CT molecular complexity index is 1070. The summed E-state index contributed by atoms with van der Waals surface area (Å²) in [5.41, 5.74) is 4.94. The fourth-order valence-electron chi connectivity index (χ4n) is 2.89. The third-order valence-electron chi connectivity index (χ3n) is 4.27. The van der Waals surface area contributed by atoms with E-state index < -0.39 is 5.91 Å². The second kappa shape index (κ2) is 7.59. The molecule has 9 heteroatoms. The molecule has 2 aromatic carbocycles. The number of hydrazine groups is 1. The number of hydrogen-bond acceptors (Lipinski definition) is 6. The summed E-state index contributed by atoms with van der Waals surface area (Å²) in [6.07, 6.45) is 0. The van der Waals surface area contributed by atoms with Crippen molar-refractivity contribution in [2.24, 2.45) is 5.84 Å². The zero-order valence-electron chi connectivity index (χ0n) is 14.5. The lowest BCUT2D eigenvalue weighted by atomic mass is 10.1. The third-order valence-corrected chi connectivity index (χ3v) is 5.47. The van der Waals surface area contributed by atoms with Crippen LogP contribution in [0.4, 0.5) is 5.69 Å². The van der Waals surface area contributed by atoms with Crippen LogP contribution in [0.2, 0.25) is 5.02 Å². The molecule has 2 amide bonds. The number of benzene rings is 2. The summed E-state index contributed by atoms with van der Waals surface area (Å²) >= 11 is 7.74. The van der Waals surface area contributed by atoms with Crippen LogP contribution in [0.15, 0.2) is 47.8 Å². The van der Waals surface area contributed by atoms with E-state index in [2.05, 4.69) is 4.98 Å². The van der Waals surface area contributed by atoms with Gasteiger partial charge in [-0.15, -0.1) is 11.3 Å². The Morgan fingerprint density at radius 1 is 1.32 bits per heavy atom. The van der Waals surface area contributed by atoms with Crippen LogP contribution in [-0.2, 0) is 9.59 Å². The van der Waals surface area contributed by atoms with Gasteiger partial charge < -0.3 is 4.74 Å². The summed E-state index contributed by atoms with van der Waals surface area (Å²) in [5, 5.41) is 3.35. The number of amides is 2. The maximum Gasteiger partial charge on any atom is 0.265 e. The molecule has 142 valence electrons. The number of thiazole rings is 1. The minimum Gasteiger partial charge on any atom is -0.482 e. The molecule has 0 unspecified atom stereocenters. The zero-order valence-corrected chi connectivity index (χ0v) is 16.1. The fourth-order valence-corrected chi connectivity index (χ4v) is 4.04. The molecule has 0 atom stereocenters. The fraction of sp³-hybridized carbons (Fsp3) is 0.105. The maximum atomic E-state index is 12.2. The highest BCUT2D eigenvalue weighted by atomic mass is 35.5. The van der Waals surface area contributed by atoms with Gasteiger partial charge in [0, 0.05) is 16.5 Å². The number of ether oxygens (including phenoxy) is 1. The van der Waals surface area contributed by atoms with Gasteiger partial charge in [0.05, 0.1) is 16.4 Å². The summed E-state index contributed by atoms with van der Waals surface area (Å²) in [5.74, 6) is 4.89. The molecular weight excluding hydrogens is 400 g/mol. The van der Waals surface area contributed by atoms with Gasteiger partial charge in [0.2, 0.25) is 0 Å². The molecular formula is C19H15ClN4O3S. The van der Waals surface area contributed by atoms with Gasteiger partial charge in [0.25, 0.3) is 11.8 Å². The van der Waals surface area contributed by atoms with Gasteiger partial charge in [-0.05, 0) is 24.3 Å². The Hall–Kier alpha value is -2.94. The Morgan fingerprint density at radius 3 is 2.93 bits per heavy atom. The van der Waals surface area contributed by atoms with E-state index in [-0.39, 0.29) is 19.1 Å². The van der Waals surface area contributed by atoms with Gasteiger partial charge in [-0.2, -0.15) is 0 Å². The third kappa shape index (κ3) is 3.45. The van der Waals surface area contributed by atoms with Gasteiger partial charge in [0.1, 0.15) is 17.3 Å². The minimum atomic E-state index is -0.471. The van der Waals surface area contributed by atoms with E-state index >= 15 is 0 Å². The first-order chi connectivity index (χ1) is 13.6. The van der Waals surface area contributed by atoms with Crippen LogP contribution in [0.3, 0.4) is 0 Å². The molecule has 4 rings (SSSR count). The van der Waals surface area contributed by atoms with Crippen molar-refractivity contribution >= 4 is 40.4 Å². The Morgan fingerprint density at radius 2 is 2.14 bits per heavy atom. The van der Waals surface area contributed by atoms with Gasteiger partial charge in [-0.1, -0.05) is 29.8 Å². The first-order valence-electron chi connectivity index (χ1n) is 8.34. The number of halogens is 1. The molecule has 3 aromatic rings. The highest BCUT2D eigenvalue weighted by Gasteiger charge is 2.27. The maximum absolute atomic E-state index is 12.2. The van der Waals surface area contributed by atoms with Crippen LogP contribution in [0.5, 0.6) is 5.75 Å². The van der Waals surface area contributed by atoms with Gasteiger partial charge in [-0.3, -0.25) is 19.9 Å². The molecule has 3 N–H and O–H groups in total. The van der Waals surface area contributed by atoms with E-state index in [0.717, 1.165) is 21.8 Å². The first-order valence-corrected chi connectivity index (χ1v) is 9.60. The molecule has 1 aliphatic heterocycles. The smallest absolute Gasteiger partial charge is 0.265 e. The number of nitrogens with zero attached hydrogens (tertiary/aromatic N) is 2. The van der Waals surface area contributed by atoms with Crippen molar-refractivity contribution in [2.45, 2.75) is 0 Å². The summed E-state index contributed by atoms with van der Waals surface area (Å²) < 4.78 is 5.47. The molecule has 0 saturated carbocycles. The number of hydrogen-bond donors (Lipinski definition) is 2. The molecule has 1 aliphatic rings. The summed E-state index contributed by atoms with van der Waals surface area (Å²) in [7, 11) is 0. The lowest BCUT2D eigenvalue weighted by molar-refractivity contribution is -0.125. The average molecular weight is 415 g/mol. The van der Waals surface area contributed by atoms with Crippen LogP contribution in [0.1, 0.15) is 0 Å². The van der Waals surface area contributed by atoms with Crippen molar-refractivity contribution in [1.82, 2.24) is 10.4 Å².